The minimum absolute atomic E-state index is 0.164. The fourth-order valence-corrected chi connectivity index (χ4v) is 11.3. The largest absolute Gasteiger partial charge is 0.481 e. The molecule has 0 heterocycles. The molecule has 0 aromatic rings. The highest BCUT2D eigenvalue weighted by Crippen LogP contribution is 2.77. The number of fused-ring (bicyclic) bond motifs is 7. The van der Waals surface area contributed by atoms with Crippen LogP contribution in [0, 0.1) is 56.7 Å². The minimum Gasteiger partial charge on any atom is -0.481 e. The quantitative estimate of drug-likeness (QED) is 0.445. The van der Waals surface area contributed by atoms with E-state index in [1.165, 1.54) is 18.4 Å². The number of carbonyl (C=O) groups is 2. The lowest BCUT2D eigenvalue weighted by Gasteiger charge is -2.72. The molecule has 0 aromatic carbocycles. The van der Waals surface area contributed by atoms with Crippen LogP contribution < -0.4 is 0 Å². The second kappa shape index (κ2) is 6.97. The van der Waals surface area contributed by atoms with Crippen LogP contribution in [0.2, 0.25) is 0 Å². The Morgan fingerprint density at radius 2 is 1.58 bits per heavy atom. The molecule has 184 valence electrons. The minimum atomic E-state index is -0.547. The Labute approximate surface area is 201 Å². The summed E-state index contributed by atoms with van der Waals surface area (Å²) in [4.78, 5) is 25.7. The lowest BCUT2D eigenvalue weighted by Crippen LogP contribution is -2.66. The van der Waals surface area contributed by atoms with Gasteiger partial charge >= 0.3 is 5.97 Å². The second-order valence-corrected chi connectivity index (χ2v) is 14.3. The van der Waals surface area contributed by atoms with E-state index in [-0.39, 0.29) is 27.6 Å². The lowest BCUT2D eigenvalue weighted by atomic mass is 9.32. The van der Waals surface area contributed by atoms with Gasteiger partial charge < -0.3 is 5.11 Å². The average molecular weight is 455 g/mol. The van der Waals surface area contributed by atoms with Gasteiger partial charge in [-0.25, -0.2) is 0 Å². The van der Waals surface area contributed by atoms with Gasteiger partial charge in [-0.05, 0) is 111 Å². The van der Waals surface area contributed by atoms with Crippen molar-refractivity contribution in [2.45, 2.75) is 106 Å². The van der Waals surface area contributed by atoms with Crippen LogP contribution in [0.4, 0.5) is 0 Å². The van der Waals surface area contributed by atoms with Crippen molar-refractivity contribution in [3.05, 3.63) is 12.2 Å². The molecular weight excluding hydrogens is 408 g/mol. The molecule has 5 aliphatic rings. The van der Waals surface area contributed by atoms with Gasteiger partial charge in [0.05, 0.1) is 5.41 Å². The number of carboxylic acid groups (broad SMARTS) is 1. The number of carboxylic acids is 1. The zero-order valence-corrected chi connectivity index (χ0v) is 21.9. The summed E-state index contributed by atoms with van der Waals surface area (Å²) in [6.07, 6.45) is 10.1. The van der Waals surface area contributed by atoms with Crippen molar-refractivity contribution in [2.75, 3.05) is 0 Å². The van der Waals surface area contributed by atoms with E-state index < -0.39 is 11.4 Å². The maximum Gasteiger partial charge on any atom is 0.309 e. The van der Waals surface area contributed by atoms with Crippen LogP contribution in [0.25, 0.3) is 0 Å². The van der Waals surface area contributed by atoms with Crippen LogP contribution in [0.5, 0.6) is 0 Å². The van der Waals surface area contributed by atoms with Gasteiger partial charge in [-0.3, -0.25) is 9.59 Å². The van der Waals surface area contributed by atoms with Crippen molar-refractivity contribution in [3.8, 4) is 0 Å². The Morgan fingerprint density at radius 1 is 0.879 bits per heavy atom. The summed E-state index contributed by atoms with van der Waals surface area (Å²) in [7, 11) is 0. The van der Waals surface area contributed by atoms with Gasteiger partial charge in [0.1, 0.15) is 5.78 Å². The van der Waals surface area contributed by atoms with Gasteiger partial charge in [-0.2, -0.15) is 0 Å². The molecule has 0 unspecified atom stereocenters. The number of Topliss-reactive ketones (excluding diaryl/α,β-unsaturated/α-hetero) is 1. The average Bonchev–Trinajstić information content (AvgIpc) is 3.13. The molecule has 3 nitrogen and oxygen atoms in total. The highest BCUT2D eigenvalue weighted by atomic mass is 16.4. The third kappa shape index (κ3) is 2.69. The Bertz CT molecular complexity index is 902. The number of aliphatic carboxylic acids is 1. The highest BCUT2D eigenvalue weighted by Gasteiger charge is 2.72. The van der Waals surface area contributed by atoms with E-state index in [1.807, 2.05) is 0 Å². The SMILES string of the molecule is C=C(C)[C@@H]1CC[C@]2(C(=O)O)CC[C@]3(C)[C@H](CC[C@@H]4[C@]5(C)CCC(=O)C(C)(C)[C@@H]5CC[C@]43C)[C@@H]12. The van der Waals surface area contributed by atoms with E-state index in [0.717, 1.165) is 51.4 Å². The van der Waals surface area contributed by atoms with Crippen molar-refractivity contribution >= 4 is 11.8 Å². The number of rotatable bonds is 2. The summed E-state index contributed by atoms with van der Waals surface area (Å²) >= 11 is 0. The predicted molar refractivity (Wildman–Crippen MR) is 132 cm³/mol. The highest BCUT2D eigenvalue weighted by molar-refractivity contribution is 5.85. The van der Waals surface area contributed by atoms with Crippen LogP contribution in [-0.4, -0.2) is 16.9 Å². The van der Waals surface area contributed by atoms with E-state index in [0.29, 0.717) is 29.5 Å². The third-order valence-electron chi connectivity index (χ3n) is 13.2. The summed E-state index contributed by atoms with van der Waals surface area (Å²) in [6, 6.07) is 0. The van der Waals surface area contributed by atoms with E-state index >= 15 is 0 Å². The van der Waals surface area contributed by atoms with Gasteiger partial charge in [0, 0.05) is 11.8 Å². The molecule has 5 saturated carbocycles. The number of hydrogen-bond acceptors (Lipinski definition) is 2. The molecule has 5 aliphatic carbocycles. The zero-order valence-electron chi connectivity index (χ0n) is 21.9. The Balaban J connectivity index is 1.57. The molecule has 5 fully saturated rings. The van der Waals surface area contributed by atoms with Gasteiger partial charge in [-0.15, -0.1) is 0 Å². The van der Waals surface area contributed by atoms with Crippen LogP contribution in [0.3, 0.4) is 0 Å². The van der Waals surface area contributed by atoms with Crippen LogP contribution in [-0.2, 0) is 9.59 Å². The number of ketones is 1. The maximum absolute atomic E-state index is 12.9. The first-order valence-electron chi connectivity index (χ1n) is 13.7. The van der Waals surface area contributed by atoms with Crippen molar-refractivity contribution in [3.63, 3.8) is 0 Å². The third-order valence-corrected chi connectivity index (χ3v) is 13.2. The summed E-state index contributed by atoms with van der Waals surface area (Å²) < 4.78 is 0. The van der Waals surface area contributed by atoms with Crippen LogP contribution in [0.15, 0.2) is 12.2 Å². The molecule has 0 aromatic heterocycles. The molecular formula is C30H46O3. The van der Waals surface area contributed by atoms with Gasteiger partial charge in [0.25, 0.3) is 0 Å². The summed E-state index contributed by atoms with van der Waals surface area (Å²) in [6.45, 7) is 18.5. The first-order chi connectivity index (χ1) is 15.3. The first-order valence-corrected chi connectivity index (χ1v) is 13.7. The molecule has 3 heteroatoms. The van der Waals surface area contributed by atoms with Gasteiger partial charge in [0.15, 0.2) is 0 Å². The van der Waals surface area contributed by atoms with E-state index in [9.17, 15) is 14.7 Å². The molecule has 1 N–H and O–H groups in total. The smallest absolute Gasteiger partial charge is 0.309 e. The number of hydrogen-bond donors (Lipinski definition) is 1. The molecule has 33 heavy (non-hydrogen) atoms. The monoisotopic (exact) mass is 454 g/mol. The molecule has 0 spiro atoms. The molecule has 0 aliphatic heterocycles. The van der Waals surface area contributed by atoms with E-state index in [1.54, 1.807) is 0 Å². The lowest BCUT2D eigenvalue weighted by molar-refractivity contribution is -0.235. The van der Waals surface area contributed by atoms with E-state index in [2.05, 4.69) is 48.1 Å². The van der Waals surface area contributed by atoms with E-state index in [4.69, 9.17) is 0 Å². The van der Waals surface area contributed by atoms with Gasteiger partial charge in [0.2, 0.25) is 0 Å². The summed E-state index contributed by atoms with van der Waals surface area (Å²) in [5, 5.41) is 10.5. The topological polar surface area (TPSA) is 54.4 Å². The van der Waals surface area contributed by atoms with Crippen LogP contribution >= 0.6 is 0 Å². The van der Waals surface area contributed by atoms with Crippen molar-refractivity contribution in [1.29, 1.82) is 0 Å². The normalized spacial score (nSPS) is 52.8. The number of carbonyl (C=O) groups excluding carboxylic acids is 1. The zero-order chi connectivity index (χ0) is 24.2. The van der Waals surface area contributed by atoms with Gasteiger partial charge in [-0.1, -0.05) is 46.8 Å². The maximum atomic E-state index is 12.9. The van der Waals surface area contributed by atoms with Crippen molar-refractivity contribution < 1.29 is 14.7 Å². The summed E-state index contributed by atoms with van der Waals surface area (Å²) in [5.41, 5.74) is 1.03. The Hall–Kier alpha value is -1.12. The van der Waals surface area contributed by atoms with Crippen molar-refractivity contribution in [2.24, 2.45) is 56.7 Å². The fraction of sp³-hybridized carbons (Fsp3) is 0.867. The van der Waals surface area contributed by atoms with Crippen molar-refractivity contribution in [1.82, 2.24) is 0 Å². The molecule has 0 radical (unpaired) electrons. The Morgan fingerprint density at radius 3 is 2.21 bits per heavy atom. The number of allylic oxidation sites excluding steroid dienone is 1. The molecule has 0 amide bonds. The fourth-order valence-electron chi connectivity index (χ4n) is 11.3. The molecule has 9 atom stereocenters. The molecule has 0 saturated heterocycles. The summed E-state index contributed by atoms with van der Waals surface area (Å²) in [5.74, 6) is 2.07. The first kappa shape index (κ1) is 23.6. The van der Waals surface area contributed by atoms with Crippen LogP contribution in [0.1, 0.15) is 106 Å². The standard InChI is InChI=1S/C30H46O3/c1-18(2)19-10-15-30(25(32)33)17-16-28(6)20(24(19)30)8-9-22-27(5)13-12-23(31)26(3,4)21(27)11-14-29(22,28)7/h19-22,24H,1,8-17H2,2-7H3,(H,32,33)/t19-,20+,21-,22+,24+,27+,28+,29+,30-/m0/s1. The Kier molecular flexibility index (Phi) is 4.99. The predicted octanol–water partition coefficient (Wildman–Crippen LogP) is 7.30. The molecule has 5 rings (SSSR count). The molecule has 0 bridgehead atoms. The second-order valence-electron chi connectivity index (χ2n) is 14.3.